The van der Waals surface area contributed by atoms with Crippen LogP contribution >= 0.6 is 11.5 Å². The second kappa shape index (κ2) is 6.22. The number of nitrogens with zero attached hydrogens (tertiary/aromatic N) is 2. The third kappa shape index (κ3) is 3.93. The van der Waals surface area contributed by atoms with Crippen LogP contribution in [0.3, 0.4) is 0 Å². The van der Waals surface area contributed by atoms with Crippen LogP contribution in [0.5, 0.6) is 5.75 Å². The lowest BCUT2D eigenvalue weighted by Crippen LogP contribution is -2.13. The van der Waals surface area contributed by atoms with Crippen molar-refractivity contribution in [2.75, 3.05) is 11.9 Å². The fraction of sp³-hybridized carbons (Fsp3) is 0.467. The lowest BCUT2D eigenvalue weighted by atomic mass is 9.96. The lowest BCUT2D eigenvalue weighted by Gasteiger charge is -2.12. The summed E-state index contributed by atoms with van der Waals surface area (Å²) in [7, 11) is 0. The van der Waals surface area contributed by atoms with Crippen LogP contribution in [0.4, 0.5) is 5.13 Å². The zero-order chi connectivity index (χ0) is 14.6. The predicted molar refractivity (Wildman–Crippen MR) is 83.5 cm³/mol. The lowest BCUT2D eigenvalue weighted by molar-refractivity contribution is 0.340. The summed E-state index contributed by atoms with van der Waals surface area (Å²) in [6, 6.07) is 8.09. The molecule has 0 aliphatic heterocycles. The van der Waals surface area contributed by atoms with E-state index in [0.29, 0.717) is 6.61 Å². The van der Waals surface area contributed by atoms with Crippen molar-refractivity contribution in [1.29, 1.82) is 0 Å². The van der Waals surface area contributed by atoms with E-state index in [1.54, 1.807) is 0 Å². The van der Waals surface area contributed by atoms with Crippen molar-refractivity contribution in [3.8, 4) is 5.75 Å². The van der Waals surface area contributed by atoms with E-state index in [1.807, 2.05) is 25.1 Å². The van der Waals surface area contributed by atoms with E-state index < -0.39 is 0 Å². The van der Waals surface area contributed by atoms with Gasteiger partial charge in [0.15, 0.2) is 0 Å². The first-order chi connectivity index (χ1) is 9.49. The highest BCUT2D eigenvalue weighted by Crippen LogP contribution is 2.23. The van der Waals surface area contributed by atoms with Gasteiger partial charge >= 0.3 is 0 Å². The predicted octanol–water partition coefficient (Wildman–Crippen LogP) is 3.85. The first kappa shape index (κ1) is 14.8. The smallest absolute Gasteiger partial charge is 0.202 e. The highest BCUT2D eigenvalue weighted by Gasteiger charge is 2.19. The van der Waals surface area contributed by atoms with E-state index in [9.17, 15) is 0 Å². The van der Waals surface area contributed by atoms with Gasteiger partial charge in [0.05, 0.1) is 6.61 Å². The first-order valence-corrected chi connectivity index (χ1v) is 7.56. The van der Waals surface area contributed by atoms with Gasteiger partial charge < -0.3 is 10.1 Å². The Morgan fingerprint density at radius 2 is 2.10 bits per heavy atom. The molecule has 0 bridgehead atoms. The number of nitrogens with one attached hydrogen (secondary N) is 1. The van der Waals surface area contributed by atoms with Gasteiger partial charge in [-0.25, -0.2) is 4.98 Å². The molecule has 0 fully saturated rings. The molecule has 0 spiro atoms. The molecule has 4 nitrogen and oxygen atoms in total. The van der Waals surface area contributed by atoms with Gasteiger partial charge in [-0.05, 0) is 24.6 Å². The van der Waals surface area contributed by atoms with Crippen LogP contribution < -0.4 is 10.1 Å². The summed E-state index contributed by atoms with van der Waals surface area (Å²) in [6.07, 6.45) is 0. The average molecular weight is 291 g/mol. The maximum atomic E-state index is 5.49. The van der Waals surface area contributed by atoms with Crippen molar-refractivity contribution < 1.29 is 4.74 Å². The Hall–Kier alpha value is -1.62. The van der Waals surface area contributed by atoms with Crippen molar-refractivity contribution in [1.82, 2.24) is 9.36 Å². The maximum absolute atomic E-state index is 5.49. The van der Waals surface area contributed by atoms with Crippen molar-refractivity contribution in [2.45, 2.75) is 39.7 Å². The van der Waals surface area contributed by atoms with Gasteiger partial charge in [-0.1, -0.05) is 32.9 Å². The Balaban J connectivity index is 1.98. The van der Waals surface area contributed by atoms with E-state index >= 15 is 0 Å². The summed E-state index contributed by atoms with van der Waals surface area (Å²) in [5.74, 6) is 1.78. The fourth-order valence-corrected chi connectivity index (χ4v) is 2.44. The van der Waals surface area contributed by atoms with Gasteiger partial charge in [0.25, 0.3) is 0 Å². The second-order valence-electron chi connectivity index (χ2n) is 5.61. The molecular formula is C15H21N3OS. The van der Waals surface area contributed by atoms with Gasteiger partial charge in [0.1, 0.15) is 11.6 Å². The van der Waals surface area contributed by atoms with Crippen molar-refractivity contribution in [3.63, 3.8) is 0 Å². The minimum absolute atomic E-state index is 0.00862. The van der Waals surface area contributed by atoms with Crippen LogP contribution in [0.15, 0.2) is 24.3 Å². The monoisotopic (exact) mass is 291 g/mol. The molecule has 0 amide bonds. The summed E-state index contributed by atoms with van der Waals surface area (Å²) in [4.78, 5) is 4.52. The molecule has 1 N–H and O–H groups in total. The van der Waals surface area contributed by atoms with Gasteiger partial charge in [-0.15, -0.1) is 0 Å². The second-order valence-corrected chi connectivity index (χ2v) is 6.36. The zero-order valence-corrected chi connectivity index (χ0v) is 13.3. The van der Waals surface area contributed by atoms with Crippen molar-refractivity contribution >= 4 is 16.7 Å². The molecule has 0 unspecified atom stereocenters. The topological polar surface area (TPSA) is 47.0 Å². The summed E-state index contributed by atoms with van der Waals surface area (Å²) in [5.41, 5.74) is 1.16. The summed E-state index contributed by atoms with van der Waals surface area (Å²) in [6.45, 7) is 9.74. The molecule has 2 rings (SSSR count). The first-order valence-electron chi connectivity index (χ1n) is 6.79. The van der Waals surface area contributed by atoms with Crippen molar-refractivity contribution in [3.05, 3.63) is 35.7 Å². The van der Waals surface area contributed by atoms with Gasteiger partial charge in [0.2, 0.25) is 5.13 Å². The molecule has 1 aromatic carbocycles. The minimum atomic E-state index is -0.00862. The quantitative estimate of drug-likeness (QED) is 0.909. The molecule has 0 aliphatic rings. The van der Waals surface area contributed by atoms with Crippen LogP contribution in [0.1, 0.15) is 39.1 Å². The molecule has 0 saturated carbocycles. The van der Waals surface area contributed by atoms with Gasteiger partial charge in [-0.2, -0.15) is 4.37 Å². The molecule has 0 aliphatic carbocycles. The Morgan fingerprint density at radius 3 is 2.75 bits per heavy atom. The molecule has 0 radical (unpaired) electrons. The van der Waals surface area contributed by atoms with Crippen molar-refractivity contribution in [2.24, 2.45) is 0 Å². The van der Waals surface area contributed by atoms with E-state index in [-0.39, 0.29) is 5.41 Å². The summed E-state index contributed by atoms with van der Waals surface area (Å²) < 4.78 is 9.88. The van der Waals surface area contributed by atoms with Crippen LogP contribution in [-0.4, -0.2) is 16.0 Å². The Labute approximate surface area is 124 Å². The molecule has 20 heavy (non-hydrogen) atoms. The SMILES string of the molecule is CCOc1cccc(CNc2nc(C(C)(C)C)ns2)c1. The maximum Gasteiger partial charge on any atom is 0.202 e. The van der Waals surface area contributed by atoms with Crippen LogP contribution in [0.25, 0.3) is 0 Å². The number of rotatable bonds is 5. The third-order valence-electron chi connectivity index (χ3n) is 2.75. The van der Waals surface area contributed by atoms with Gasteiger partial charge in [-0.3, -0.25) is 0 Å². The molecule has 0 atom stereocenters. The van der Waals surface area contributed by atoms with Crippen LogP contribution in [0, 0.1) is 0 Å². The molecule has 108 valence electrons. The molecule has 2 aromatic rings. The van der Waals surface area contributed by atoms with E-state index in [2.05, 4.69) is 41.5 Å². The summed E-state index contributed by atoms with van der Waals surface area (Å²) in [5, 5.41) is 4.17. The van der Waals surface area contributed by atoms with E-state index in [4.69, 9.17) is 4.74 Å². The van der Waals surface area contributed by atoms with Gasteiger partial charge in [0, 0.05) is 23.5 Å². The number of anilines is 1. The standard InChI is InChI=1S/C15H21N3OS/c1-5-19-12-8-6-7-11(9-12)10-16-14-17-13(18-20-14)15(2,3)4/h6-9H,5,10H2,1-4H3,(H,16,17,18). The number of benzene rings is 1. The molecule has 1 aromatic heterocycles. The number of aromatic nitrogens is 2. The Bertz CT molecular complexity index is 560. The average Bonchev–Trinajstić information content (AvgIpc) is 2.86. The highest BCUT2D eigenvalue weighted by atomic mass is 32.1. The highest BCUT2D eigenvalue weighted by molar-refractivity contribution is 7.09. The molecule has 0 saturated heterocycles. The number of hydrogen-bond donors (Lipinski definition) is 1. The fourth-order valence-electron chi connectivity index (χ4n) is 1.69. The molecule has 1 heterocycles. The number of hydrogen-bond acceptors (Lipinski definition) is 5. The minimum Gasteiger partial charge on any atom is -0.494 e. The molecular weight excluding hydrogens is 270 g/mol. The molecule has 5 heteroatoms. The normalized spacial score (nSPS) is 11.4. The zero-order valence-electron chi connectivity index (χ0n) is 12.4. The van der Waals surface area contributed by atoms with Crippen LogP contribution in [-0.2, 0) is 12.0 Å². The Kier molecular flexibility index (Phi) is 4.60. The largest absolute Gasteiger partial charge is 0.494 e. The van der Waals surface area contributed by atoms with Crippen LogP contribution in [0.2, 0.25) is 0 Å². The van der Waals surface area contributed by atoms with E-state index in [0.717, 1.165) is 23.3 Å². The third-order valence-corrected chi connectivity index (χ3v) is 3.42. The Morgan fingerprint density at radius 1 is 1.30 bits per heavy atom. The van der Waals surface area contributed by atoms with E-state index in [1.165, 1.54) is 17.1 Å². The summed E-state index contributed by atoms with van der Waals surface area (Å²) >= 11 is 1.41. The number of ether oxygens (including phenoxy) is 1.